The van der Waals surface area contributed by atoms with Gasteiger partial charge >= 0.3 is 0 Å². The third-order valence-corrected chi connectivity index (χ3v) is 6.38. The van der Waals surface area contributed by atoms with E-state index in [9.17, 15) is 19.1 Å². The van der Waals surface area contributed by atoms with Crippen LogP contribution in [0.25, 0.3) is 0 Å². The number of nitrogens with zero attached hydrogens (tertiary/aromatic N) is 2. The number of hydrogen-bond donors (Lipinski definition) is 3. The summed E-state index contributed by atoms with van der Waals surface area (Å²) in [6.45, 7) is 1.76. The van der Waals surface area contributed by atoms with E-state index in [0.29, 0.717) is 42.6 Å². The highest BCUT2D eigenvalue weighted by Gasteiger charge is 2.29. The van der Waals surface area contributed by atoms with Crippen LogP contribution in [0.2, 0.25) is 0 Å². The predicted molar refractivity (Wildman–Crippen MR) is 116 cm³/mol. The molecule has 4 rings (SSSR count). The quantitative estimate of drug-likeness (QED) is 0.648. The Bertz CT molecular complexity index is 934. The van der Waals surface area contributed by atoms with Gasteiger partial charge in [-0.2, -0.15) is 0 Å². The van der Waals surface area contributed by atoms with Gasteiger partial charge < -0.3 is 25.4 Å². The Morgan fingerprint density at radius 3 is 2.74 bits per heavy atom. The van der Waals surface area contributed by atoms with E-state index in [-0.39, 0.29) is 24.2 Å². The number of alkyl halides is 1. The molecule has 3 heterocycles. The van der Waals surface area contributed by atoms with Crippen molar-refractivity contribution < 1.29 is 23.8 Å². The van der Waals surface area contributed by atoms with Crippen molar-refractivity contribution in [2.24, 2.45) is 0 Å². The van der Waals surface area contributed by atoms with Gasteiger partial charge in [-0.15, -0.1) is 11.3 Å². The number of aliphatic hydroxyl groups is 1. The zero-order valence-corrected chi connectivity index (χ0v) is 17.7. The van der Waals surface area contributed by atoms with E-state index < -0.39 is 18.2 Å². The first-order chi connectivity index (χ1) is 15.0. The first-order valence-electron chi connectivity index (χ1n) is 10.3. The van der Waals surface area contributed by atoms with Crippen LogP contribution in [0, 0.1) is 0 Å². The van der Waals surface area contributed by atoms with E-state index in [2.05, 4.69) is 15.6 Å². The molecule has 2 aliphatic heterocycles. The number of hydrogen-bond acceptors (Lipinski definition) is 7. The van der Waals surface area contributed by atoms with Gasteiger partial charge in [-0.05, 0) is 31.4 Å². The molecular weight excluding hydrogens is 423 g/mol. The van der Waals surface area contributed by atoms with Gasteiger partial charge in [0.2, 0.25) is 0 Å². The molecule has 1 aromatic heterocycles. The molecule has 2 atom stereocenters. The number of piperidine rings is 1. The molecule has 166 valence electrons. The number of amides is 2. The number of rotatable bonds is 5. The molecule has 2 saturated heterocycles. The molecule has 1 aromatic carbocycles. The summed E-state index contributed by atoms with van der Waals surface area (Å²) in [5.41, 5.74) is 0.973. The van der Waals surface area contributed by atoms with E-state index >= 15 is 0 Å². The first kappa shape index (κ1) is 21.7. The highest BCUT2D eigenvalue weighted by Crippen LogP contribution is 2.26. The van der Waals surface area contributed by atoms with Gasteiger partial charge in [0.1, 0.15) is 11.9 Å². The Morgan fingerprint density at radius 1 is 1.19 bits per heavy atom. The van der Waals surface area contributed by atoms with Crippen LogP contribution < -0.4 is 15.5 Å². The highest BCUT2D eigenvalue weighted by atomic mass is 32.1. The van der Waals surface area contributed by atoms with E-state index in [1.54, 1.807) is 34.5 Å². The van der Waals surface area contributed by atoms with Crippen LogP contribution in [0.4, 0.5) is 15.2 Å². The van der Waals surface area contributed by atoms with Crippen molar-refractivity contribution in [3.63, 3.8) is 0 Å². The van der Waals surface area contributed by atoms with Crippen molar-refractivity contribution in [2.75, 3.05) is 36.5 Å². The minimum Gasteiger partial charge on any atom is -0.390 e. The van der Waals surface area contributed by atoms with Gasteiger partial charge in [-0.1, -0.05) is 12.1 Å². The number of halogens is 1. The Hall–Kier alpha value is -2.56. The lowest BCUT2D eigenvalue weighted by Gasteiger charge is -2.31. The molecule has 0 aliphatic carbocycles. The number of aliphatic hydroxyl groups excluding tert-OH is 1. The number of carbonyl (C=O) groups excluding carboxylic acids is 2. The molecule has 10 heteroatoms. The van der Waals surface area contributed by atoms with Crippen molar-refractivity contribution in [3.8, 4) is 0 Å². The monoisotopic (exact) mass is 448 g/mol. The summed E-state index contributed by atoms with van der Waals surface area (Å²) in [4.78, 5) is 31.5. The number of para-hydroxylation sites is 1. The molecule has 2 fully saturated rings. The van der Waals surface area contributed by atoms with Crippen LogP contribution in [0.3, 0.4) is 0 Å². The lowest BCUT2D eigenvalue weighted by molar-refractivity contribution is 0.0615. The summed E-state index contributed by atoms with van der Waals surface area (Å²) in [5.74, 6) is -0.690. The number of carbonyl (C=O) groups is 2. The molecule has 31 heavy (non-hydrogen) atoms. The standard InChI is InChI=1S/C21H25FN4O4S/c22-15-11-26(8-5-18(15)27)21-25-17(12-31-21)20(29)24-16-4-2-1-3-14(16)19(28)23-13-6-9-30-10-7-13/h1-4,12-13,15,18,27H,5-11H2,(H,23,28)(H,24,29)/t15-,18+/m1/s1. The van der Waals surface area contributed by atoms with Crippen LogP contribution in [0.1, 0.15) is 40.1 Å². The summed E-state index contributed by atoms with van der Waals surface area (Å²) < 4.78 is 19.1. The first-order valence-corrected chi connectivity index (χ1v) is 11.2. The average Bonchev–Trinajstić information content (AvgIpc) is 3.27. The summed E-state index contributed by atoms with van der Waals surface area (Å²) in [6.07, 6.45) is -0.457. The van der Waals surface area contributed by atoms with Crippen LogP contribution in [-0.2, 0) is 4.74 Å². The normalized spacial score (nSPS) is 22.2. The molecule has 0 unspecified atom stereocenters. The minimum atomic E-state index is -1.34. The summed E-state index contributed by atoms with van der Waals surface area (Å²) in [6, 6.07) is 6.87. The van der Waals surface area contributed by atoms with Crippen molar-refractivity contribution in [3.05, 3.63) is 40.9 Å². The lowest BCUT2D eigenvalue weighted by atomic mass is 10.1. The summed E-state index contributed by atoms with van der Waals surface area (Å²) in [7, 11) is 0. The topological polar surface area (TPSA) is 104 Å². The van der Waals surface area contributed by atoms with Crippen molar-refractivity contribution in [1.29, 1.82) is 0 Å². The largest absolute Gasteiger partial charge is 0.390 e. The minimum absolute atomic E-state index is 0.0466. The van der Waals surface area contributed by atoms with Gasteiger partial charge in [0, 0.05) is 31.2 Å². The number of nitrogens with one attached hydrogen (secondary N) is 2. The maximum Gasteiger partial charge on any atom is 0.275 e. The Kier molecular flexibility index (Phi) is 6.79. The van der Waals surface area contributed by atoms with Gasteiger partial charge in [0.15, 0.2) is 5.13 Å². The second kappa shape index (κ2) is 9.71. The molecule has 0 saturated carbocycles. The maximum atomic E-state index is 13.8. The highest BCUT2D eigenvalue weighted by molar-refractivity contribution is 7.14. The smallest absolute Gasteiger partial charge is 0.275 e. The maximum absolute atomic E-state index is 13.8. The van der Waals surface area contributed by atoms with Crippen LogP contribution in [-0.4, -0.2) is 66.5 Å². The number of ether oxygens (including phenoxy) is 1. The van der Waals surface area contributed by atoms with E-state index in [0.717, 1.165) is 12.8 Å². The molecule has 8 nitrogen and oxygen atoms in total. The number of aromatic nitrogens is 1. The van der Waals surface area contributed by atoms with Crippen LogP contribution >= 0.6 is 11.3 Å². The summed E-state index contributed by atoms with van der Waals surface area (Å²) in [5, 5.41) is 17.5. The SMILES string of the molecule is O=C(Nc1ccccc1C(=O)NC1CCOCC1)c1csc(N2CC[C@H](O)[C@H](F)C2)n1. The molecule has 0 spiro atoms. The van der Waals surface area contributed by atoms with Crippen molar-refractivity contribution in [1.82, 2.24) is 10.3 Å². The van der Waals surface area contributed by atoms with Gasteiger partial charge in [-0.25, -0.2) is 9.37 Å². The molecule has 2 aliphatic rings. The van der Waals surface area contributed by atoms with Gasteiger partial charge in [0.25, 0.3) is 11.8 Å². The van der Waals surface area contributed by atoms with Gasteiger partial charge in [0.05, 0.1) is 23.9 Å². The van der Waals surface area contributed by atoms with E-state index in [1.807, 2.05) is 0 Å². The predicted octanol–water partition coefficient (Wildman–Crippen LogP) is 2.21. The molecule has 2 amide bonds. The Balaban J connectivity index is 1.42. The second-order valence-electron chi connectivity index (χ2n) is 7.69. The second-order valence-corrected chi connectivity index (χ2v) is 8.53. The fourth-order valence-electron chi connectivity index (χ4n) is 3.66. The zero-order chi connectivity index (χ0) is 21.8. The lowest BCUT2D eigenvalue weighted by Crippen LogP contribution is -2.44. The molecule has 0 bridgehead atoms. The van der Waals surface area contributed by atoms with E-state index in [1.165, 1.54) is 11.3 Å². The fraction of sp³-hybridized carbons (Fsp3) is 0.476. The van der Waals surface area contributed by atoms with Crippen molar-refractivity contribution >= 4 is 34.0 Å². The number of anilines is 2. The third-order valence-electron chi connectivity index (χ3n) is 5.48. The van der Waals surface area contributed by atoms with Crippen molar-refractivity contribution in [2.45, 2.75) is 37.6 Å². The van der Waals surface area contributed by atoms with E-state index in [4.69, 9.17) is 4.74 Å². The third kappa shape index (κ3) is 5.20. The molecular formula is C21H25FN4O4S. The Morgan fingerprint density at radius 2 is 1.97 bits per heavy atom. The molecule has 3 N–H and O–H groups in total. The average molecular weight is 449 g/mol. The summed E-state index contributed by atoms with van der Waals surface area (Å²) >= 11 is 1.25. The fourth-order valence-corrected chi connectivity index (χ4v) is 4.50. The Labute approximate surface area is 183 Å². The van der Waals surface area contributed by atoms with Crippen LogP contribution in [0.15, 0.2) is 29.6 Å². The zero-order valence-electron chi connectivity index (χ0n) is 16.9. The number of benzene rings is 1. The van der Waals surface area contributed by atoms with Gasteiger partial charge in [-0.3, -0.25) is 9.59 Å². The molecule has 2 aromatic rings. The van der Waals surface area contributed by atoms with Crippen LogP contribution in [0.5, 0.6) is 0 Å². The number of thiazole rings is 1. The molecule has 0 radical (unpaired) electrons.